The molecule has 6 heteroatoms. The quantitative estimate of drug-likeness (QED) is 0.817. The van der Waals surface area contributed by atoms with E-state index in [9.17, 15) is 18.0 Å². The normalized spacial score (nSPS) is 17.5. The molecule has 0 spiro atoms. The third kappa shape index (κ3) is 2.62. The van der Waals surface area contributed by atoms with Crippen LogP contribution in [-0.2, 0) is 6.42 Å². The molecule has 1 aliphatic rings. The van der Waals surface area contributed by atoms with Gasteiger partial charge in [-0.3, -0.25) is 9.36 Å². The highest BCUT2D eigenvalue weighted by Crippen LogP contribution is 2.32. The summed E-state index contributed by atoms with van der Waals surface area (Å²) in [4.78, 5) is 14.2. The van der Waals surface area contributed by atoms with Crippen LogP contribution in [0.3, 0.4) is 0 Å². The van der Waals surface area contributed by atoms with Gasteiger partial charge in [0.1, 0.15) is 11.5 Å². The van der Waals surface area contributed by atoms with Gasteiger partial charge in [0.15, 0.2) is 0 Å². The van der Waals surface area contributed by atoms with E-state index in [4.69, 9.17) is 0 Å². The Kier molecular flexibility index (Phi) is 3.92. The Morgan fingerprint density at radius 1 is 1.26 bits per heavy atom. The van der Waals surface area contributed by atoms with E-state index in [1.807, 2.05) is 0 Å². The molecule has 0 bridgehead atoms. The smallest absolute Gasteiger partial charge is 0.319 e. The van der Waals surface area contributed by atoms with Gasteiger partial charge in [-0.1, -0.05) is 6.07 Å². The predicted molar refractivity (Wildman–Crippen MR) is 80.0 cm³/mol. The zero-order valence-electron chi connectivity index (χ0n) is 12.9. The fourth-order valence-electron chi connectivity index (χ4n) is 3.19. The van der Waals surface area contributed by atoms with Crippen molar-refractivity contribution in [2.45, 2.75) is 32.9 Å². The second kappa shape index (κ2) is 5.76. The van der Waals surface area contributed by atoms with Crippen LogP contribution >= 0.6 is 0 Å². The minimum Gasteiger partial charge on any atom is -0.330 e. The molecular weight excluding hydrogens is 305 g/mol. The number of hydrogen-bond acceptors (Lipinski definition) is 1. The van der Waals surface area contributed by atoms with E-state index in [1.54, 1.807) is 13.0 Å². The first kappa shape index (κ1) is 15.6. The lowest BCUT2D eigenvalue weighted by Crippen LogP contribution is -2.39. The molecule has 2 aromatic rings. The molecule has 1 aromatic carbocycles. The summed E-state index contributed by atoms with van der Waals surface area (Å²) in [5.74, 6) is -0.822. The van der Waals surface area contributed by atoms with E-state index in [-0.39, 0.29) is 17.6 Å². The molecule has 2 heterocycles. The second-order valence-electron chi connectivity index (χ2n) is 5.78. The Balaban J connectivity index is 1.96. The third-order valence-corrected chi connectivity index (χ3v) is 4.44. The Morgan fingerprint density at radius 2 is 2.00 bits per heavy atom. The number of carbonyl (C=O) groups excluding carboxylic acids is 1. The van der Waals surface area contributed by atoms with Gasteiger partial charge >= 0.3 is 6.55 Å². The van der Waals surface area contributed by atoms with Gasteiger partial charge in [-0.2, -0.15) is 8.78 Å². The summed E-state index contributed by atoms with van der Waals surface area (Å²) >= 11 is 0. The molecule has 1 aliphatic heterocycles. The topological polar surface area (TPSA) is 25.2 Å². The number of carbonyl (C=O) groups is 1. The van der Waals surface area contributed by atoms with Crippen LogP contribution in [0, 0.1) is 12.7 Å². The Hall–Kier alpha value is -2.24. The molecule has 3 nitrogen and oxygen atoms in total. The first-order chi connectivity index (χ1) is 10.9. The number of halogens is 3. The third-order valence-electron chi connectivity index (χ3n) is 4.44. The van der Waals surface area contributed by atoms with Crippen LogP contribution in [-0.4, -0.2) is 21.9 Å². The first-order valence-corrected chi connectivity index (χ1v) is 7.45. The van der Waals surface area contributed by atoms with E-state index in [0.717, 1.165) is 15.7 Å². The van der Waals surface area contributed by atoms with Gasteiger partial charge < -0.3 is 4.90 Å². The molecule has 122 valence electrons. The summed E-state index contributed by atoms with van der Waals surface area (Å²) in [6.45, 7) is 0.978. The molecule has 0 unspecified atom stereocenters. The minimum absolute atomic E-state index is 0.0378. The van der Waals surface area contributed by atoms with Crippen molar-refractivity contribution in [3.05, 3.63) is 58.7 Å². The van der Waals surface area contributed by atoms with Crippen molar-refractivity contribution in [1.82, 2.24) is 9.47 Å². The van der Waals surface area contributed by atoms with Crippen molar-refractivity contribution in [1.29, 1.82) is 0 Å². The van der Waals surface area contributed by atoms with Crippen LogP contribution in [0.15, 0.2) is 30.3 Å². The highest BCUT2D eigenvalue weighted by molar-refractivity contribution is 5.93. The molecule has 0 aliphatic carbocycles. The summed E-state index contributed by atoms with van der Waals surface area (Å²) in [6, 6.07) is 7.09. The maximum atomic E-state index is 13.5. The number of hydrogen-bond donors (Lipinski definition) is 0. The van der Waals surface area contributed by atoms with Crippen LogP contribution < -0.4 is 0 Å². The van der Waals surface area contributed by atoms with E-state index in [1.165, 1.54) is 36.1 Å². The monoisotopic (exact) mass is 322 g/mol. The highest BCUT2D eigenvalue weighted by atomic mass is 19.3. The standard InChI is InChI=1S/C17H17F3N2O/c1-10-3-6-15(22(10)17(19)20)16(23)21-8-7-12-4-5-13(18)9-14(12)11(21)2/h3-6,9,11,17H,7-8H2,1-2H3/t11-/m1/s1. The van der Waals surface area contributed by atoms with Crippen LogP contribution in [0.5, 0.6) is 0 Å². The summed E-state index contributed by atoms with van der Waals surface area (Å²) in [5, 5.41) is 0. The zero-order valence-corrected chi connectivity index (χ0v) is 12.9. The Morgan fingerprint density at radius 3 is 2.70 bits per heavy atom. The molecule has 1 aromatic heterocycles. The van der Waals surface area contributed by atoms with Gasteiger partial charge in [0.2, 0.25) is 0 Å². The lowest BCUT2D eigenvalue weighted by molar-refractivity contribution is 0.0512. The van der Waals surface area contributed by atoms with Crippen molar-refractivity contribution < 1.29 is 18.0 Å². The van der Waals surface area contributed by atoms with Gasteiger partial charge in [-0.25, -0.2) is 4.39 Å². The number of aromatic nitrogens is 1. The van der Waals surface area contributed by atoms with Crippen molar-refractivity contribution in [3.63, 3.8) is 0 Å². The van der Waals surface area contributed by atoms with E-state index < -0.39 is 12.5 Å². The molecule has 0 radical (unpaired) electrons. The summed E-state index contributed by atoms with van der Waals surface area (Å²) in [6.07, 6.45) is 0.583. The maximum Gasteiger partial charge on any atom is 0.319 e. The average Bonchev–Trinajstić information content (AvgIpc) is 2.89. The minimum atomic E-state index is -2.77. The van der Waals surface area contributed by atoms with Crippen molar-refractivity contribution >= 4 is 5.91 Å². The SMILES string of the molecule is Cc1ccc(C(=O)N2CCc3ccc(F)cc3[C@H]2C)n1C(F)F. The number of alkyl halides is 2. The molecular formula is C17H17F3N2O. The van der Waals surface area contributed by atoms with Crippen LogP contribution in [0.4, 0.5) is 13.2 Å². The number of nitrogens with zero attached hydrogens (tertiary/aromatic N) is 2. The largest absolute Gasteiger partial charge is 0.330 e. The summed E-state index contributed by atoms with van der Waals surface area (Å²) < 4.78 is 40.6. The lowest BCUT2D eigenvalue weighted by atomic mass is 9.93. The maximum absolute atomic E-state index is 13.5. The molecule has 0 N–H and O–H groups in total. The summed E-state index contributed by atoms with van der Waals surface area (Å²) in [5.41, 5.74) is 2.02. The Labute approximate surface area is 132 Å². The van der Waals surface area contributed by atoms with Gasteiger partial charge in [-0.15, -0.1) is 0 Å². The number of aryl methyl sites for hydroxylation is 1. The number of rotatable bonds is 2. The second-order valence-corrected chi connectivity index (χ2v) is 5.78. The average molecular weight is 322 g/mol. The van der Waals surface area contributed by atoms with Crippen molar-refractivity contribution in [2.75, 3.05) is 6.54 Å². The van der Waals surface area contributed by atoms with Gasteiger partial charge in [0.05, 0.1) is 6.04 Å². The highest BCUT2D eigenvalue weighted by Gasteiger charge is 2.31. The summed E-state index contributed by atoms with van der Waals surface area (Å²) in [7, 11) is 0. The van der Waals surface area contributed by atoms with Gasteiger partial charge in [-0.05, 0) is 55.7 Å². The molecule has 0 saturated carbocycles. The molecule has 0 fully saturated rings. The molecule has 0 saturated heterocycles. The van der Waals surface area contributed by atoms with Crippen LogP contribution in [0.25, 0.3) is 0 Å². The van der Waals surface area contributed by atoms with Gasteiger partial charge in [0.25, 0.3) is 5.91 Å². The zero-order chi connectivity index (χ0) is 16.7. The van der Waals surface area contributed by atoms with Crippen LogP contribution in [0.1, 0.15) is 46.8 Å². The van der Waals surface area contributed by atoms with E-state index >= 15 is 0 Å². The number of amides is 1. The first-order valence-electron chi connectivity index (χ1n) is 7.45. The number of benzene rings is 1. The van der Waals surface area contributed by atoms with Crippen LogP contribution in [0.2, 0.25) is 0 Å². The van der Waals surface area contributed by atoms with Crippen molar-refractivity contribution in [2.24, 2.45) is 0 Å². The molecule has 23 heavy (non-hydrogen) atoms. The van der Waals surface area contributed by atoms with Crippen molar-refractivity contribution in [3.8, 4) is 0 Å². The fraction of sp³-hybridized carbons (Fsp3) is 0.353. The lowest BCUT2D eigenvalue weighted by Gasteiger charge is -2.35. The van der Waals surface area contributed by atoms with E-state index in [2.05, 4.69) is 0 Å². The fourth-order valence-corrected chi connectivity index (χ4v) is 3.19. The molecule has 1 amide bonds. The predicted octanol–water partition coefficient (Wildman–Crippen LogP) is 4.09. The Bertz CT molecular complexity index is 754. The molecule has 3 rings (SSSR count). The molecule has 1 atom stereocenters. The van der Waals surface area contributed by atoms with Gasteiger partial charge in [0, 0.05) is 12.2 Å². The van der Waals surface area contributed by atoms with E-state index in [0.29, 0.717) is 18.7 Å². The number of fused-ring (bicyclic) bond motifs is 1.